The number of rotatable bonds is 5. The molecule has 0 atom stereocenters. The van der Waals surface area contributed by atoms with Crippen LogP contribution in [0.2, 0.25) is 0 Å². The summed E-state index contributed by atoms with van der Waals surface area (Å²) in [6, 6.07) is 64.6. The Kier molecular flexibility index (Phi) is 6.84. The van der Waals surface area contributed by atoms with Gasteiger partial charge in [-0.2, -0.15) is 0 Å². The van der Waals surface area contributed by atoms with Crippen molar-refractivity contribution in [1.82, 2.24) is 9.97 Å². The van der Waals surface area contributed by atoms with Crippen molar-refractivity contribution < 1.29 is 0 Å². The van der Waals surface area contributed by atoms with Crippen LogP contribution < -0.4 is 0 Å². The minimum absolute atomic E-state index is 0.705. The highest BCUT2D eigenvalue weighted by molar-refractivity contribution is 6.19. The Bertz CT molecular complexity index is 2530. The van der Waals surface area contributed by atoms with Crippen LogP contribution in [0.4, 0.5) is 0 Å². The summed E-state index contributed by atoms with van der Waals surface area (Å²) in [7, 11) is 0. The topological polar surface area (TPSA) is 25.8 Å². The molecule has 2 nitrogen and oxygen atoms in total. The maximum absolute atomic E-state index is 5.33. The van der Waals surface area contributed by atoms with Gasteiger partial charge in [-0.3, -0.25) is 0 Å². The Hall–Kier alpha value is -6.38. The van der Waals surface area contributed by atoms with Crippen molar-refractivity contribution in [2.24, 2.45) is 0 Å². The molecule has 2 heteroatoms. The van der Waals surface area contributed by atoms with Crippen molar-refractivity contribution in [2.75, 3.05) is 0 Å². The van der Waals surface area contributed by atoms with Gasteiger partial charge in [0.25, 0.3) is 0 Å². The molecular weight excluding hydrogens is 581 g/mol. The van der Waals surface area contributed by atoms with E-state index in [0.717, 1.165) is 39.2 Å². The maximum Gasteiger partial charge on any atom is 0.160 e. The first-order valence-corrected chi connectivity index (χ1v) is 16.3. The molecule has 9 rings (SSSR count). The van der Waals surface area contributed by atoms with E-state index in [2.05, 4.69) is 164 Å². The standard InChI is InChI=1S/C46H30N2/c1-4-14-31(15-5-1)36-26-37(32-16-6-2-7-17-32)28-38(27-36)43-30-44(48-46(47-43)34-19-8-3-9-20-34)45-40-23-13-11-21-35(40)29-42-39-22-12-10-18-33(39)24-25-41(42)45/h1-30H. The Morgan fingerprint density at radius 3 is 1.46 bits per heavy atom. The second kappa shape index (κ2) is 11.8. The van der Waals surface area contributed by atoms with E-state index in [9.17, 15) is 0 Å². The first kappa shape index (κ1) is 27.9. The van der Waals surface area contributed by atoms with Crippen LogP contribution in [0.5, 0.6) is 0 Å². The first-order chi connectivity index (χ1) is 23.8. The van der Waals surface area contributed by atoms with Crippen LogP contribution in [0, 0.1) is 0 Å². The van der Waals surface area contributed by atoms with Gasteiger partial charge in [0.15, 0.2) is 5.82 Å². The summed E-state index contributed by atoms with van der Waals surface area (Å²) in [6.45, 7) is 0. The number of aromatic nitrogens is 2. The van der Waals surface area contributed by atoms with E-state index < -0.39 is 0 Å². The van der Waals surface area contributed by atoms with Gasteiger partial charge in [-0.15, -0.1) is 0 Å². The van der Waals surface area contributed by atoms with Crippen molar-refractivity contribution >= 4 is 32.3 Å². The fourth-order valence-corrected chi connectivity index (χ4v) is 6.91. The fraction of sp³-hybridized carbons (Fsp3) is 0. The highest BCUT2D eigenvalue weighted by atomic mass is 14.9. The molecule has 1 heterocycles. The number of hydrogen-bond donors (Lipinski definition) is 0. The molecule has 0 fully saturated rings. The van der Waals surface area contributed by atoms with Crippen LogP contribution in [0.25, 0.3) is 88.5 Å². The van der Waals surface area contributed by atoms with E-state index in [1.807, 2.05) is 18.2 Å². The van der Waals surface area contributed by atoms with Gasteiger partial charge < -0.3 is 0 Å². The molecule has 0 saturated carbocycles. The van der Waals surface area contributed by atoms with E-state index in [1.54, 1.807) is 0 Å². The van der Waals surface area contributed by atoms with E-state index >= 15 is 0 Å². The monoisotopic (exact) mass is 610 g/mol. The average molecular weight is 611 g/mol. The Labute approximate surface area is 279 Å². The second-order valence-corrected chi connectivity index (χ2v) is 12.2. The van der Waals surface area contributed by atoms with Crippen LogP contribution in [-0.4, -0.2) is 9.97 Å². The third-order valence-electron chi connectivity index (χ3n) is 9.23. The number of benzene rings is 8. The summed E-state index contributed by atoms with van der Waals surface area (Å²) >= 11 is 0. The molecule has 0 saturated heterocycles. The zero-order valence-corrected chi connectivity index (χ0v) is 26.2. The third kappa shape index (κ3) is 5.01. The molecule has 9 aromatic rings. The minimum Gasteiger partial charge on any atom is -0.228 e. The normalized spacial score (nSPS) is 11.3. The van der Waals surface area contributed by atoms with Crippen LogP contribution in [0.1, 0.15) is 0 Å². The molecule has 0 bridgehead atoms. The molecule has 1 aromatic heterocycles. The molecule has 0 spiro atoms. The van der Waals surface area contributed by atoms with Crippen molar-refractivity contribution in [1.29, 1.82) is 0 Å². The molecule has 0 amide bonds. The highest BCUT2D eigenvalue weighted by Gasteiger charge is 2.18. The molecule has 224 valence electrons. The van der Waals surface area contributed by atoms with E-state index in [-0.39, 0.29) is 0 Å². The minimum atomic E-state index is 0.705. The number of nitrogens with zero attached hydrogens (tertiary/aromatic N) is 2. The van der Waals surface area contributed by atoms with Gasteiger partial charge in [-0.05, 0) is 84.9 Å². The largest absolute Gasteiger partial charge is 0.228 e. The molecule has 0 unspecified atom stereocenters. The van der Waals surface area contributed by atoms with Gasteiger partial charge >= 0.3 is 0 Å². The lowest BCUT2D eigenvalue weighted by Crippen LogP contribution is -1.98. The van der Waals surface area contributed by atoms with Crippen molar-refractivity contribution in [3.63, 3.8) is 0 Å². The lowest BCUT2D eigenvalue weighted by atomic mass is 9.91. The first-order valence-electron chi connectivity index (χ1n) is 16.3. The van der Waals surface area contributed by atoms with Crippen molar-refractivity contribution in [3.8, 4) is 56.2 Å². The van der Waals surface area contributed by atoms with Crippen LogP contribution in [0.3, 0.4) is 0 Å². The zero-order chi connectivity index (χ0) is 31.9. The zero-order valence-electron chi connectivity index (χ0n) is 26.2. The summed E-state index contributed by atoms with van der Waals surface area (Å²) in [6.07, 6.45) is 0. The number of hydrogen-bond acceptors (Lipinski definition) is 2. The Morgan fingerprint density at radius 2 is 0.792 bits per heavy atom. The Morgan fingerprint density at radius 1 is 0.271 bits per heavy atom. The molecule has 48 heavy (non-hydrogen) atoms. The SMILES string of the molecule is c1ccc(-c2cc(-c3ccccc3)cc(-c3cc(-c4c5ccccc5cc5c4ccc4ccccc45)nc(-c4ccccc4)n3)c2)cc1. The smallest absolute Gasteiger partial charge is 0.160 e. The molecule has 0 radical (unpaired) electrons. The van der Waals surface area contributed by atoms with Crippen LogP contribution in [-0.2, 0) is 0 Å². The second-order valence-electron chi connectivity index (χ2n) is 12.2. The maximum atomic E-state index is 5.33. The quantitative estimate of drug-likeness (QED) is 0.143. The summed E-state index contributed by atoms with van der Waals surface area (Å²) in [4.78, 5) is 10.6. The van der Waals surface area contributed by atoms with Gasteiger partial charge in [0.05, 0.1) is 11.4 Å². The fourth-order valence-electron chi connectivity index (χ4n) is 6.91. The summed E-state index contributed by atoms with van der Waals surface area (Å²) < 4.78 is 0. The third-order valence-corrected chi connectivity index (χ3v) is 9.23. The predicted octanol–water partition coefficient (Wildman–Crippen LogP) is 12.3. The summed E-state index contributed by atoms with van der Waals surface area (Å²) in [5.74, 6) is 0.705. The van der Waals surface area contributed by atoms with E-state index in [4.69, 9.17) is 9.97 Å². The summed E-state index contributed by atoms with van der Waals surface area (Å²) in [5.41, 5.74) is 9.58. The molecule has 8 aromatic carbocycles. The van der Waals surface area contributed by atoms with E-state index in [1.165, 1.54) is 43.4 Å². The van der Waals surface area contributed by atoms with Crippen molar-refractivity contribution in [3.05, 3.63) is 182 Å². The van der Waals surface area contributed by atoms with Crippen molar-refractivity contribution in [2.45, 2.75) is 0 Å². The van der Waals surface area contributed by atoms with E-state index in [0.29, 0.717) is 5.82 Å². The van der Waals surface area contributed by atoms with Gasteiger partial charge in [-0.25, -0.2) is 9.97 Å². The predicted molar refractivity (Wildman–Crippen MR) is 202 cm³/mol. The summed E-state index contributed by atoms with van der Waals surface area (Å²) in [5, 5.41) is 7.23. The molecule has 0 aliphatic carbocycles. The van der Waals surface area contributed by atoms with Gasteiger partial charge in [0.2, 0.25) is 0 Å². The molecule has 0 aliphatic heterocycles. The van der Waals surface area contributed by atoms with Gasteiger partial charge in [-0.1, -0.05) is 152 Å². The molecule has 0 N–H and O–H groups in total. The number of fused-ring (bicyclic) bond motifs is 4. The lowest BCUT2D eigenvalue weighted by Gasteiger charge is -2.16. The van der Waals surface area contributed by atoms with Gasteiger partial charge in [0.1, 0.15) is 0 Å². The highest BCUT2D eigenvalue weighted by Crippen LogP contribution is 2.41. The van der Waals surface area contributed by atoms with Crippen LogP contribution in [0.15, 0.2) is 182 Å². The lowest BCUT2D eigenvalue weighted by molar-refractivity contribution is 1.19. The Balaban J connectivity index is 1.36. The van der Waals surface area contributed by atoms with Gasteiger partial charge in [0, 0.05) is 16.7 Å². The average Bonchev–Trinajstić information content (AvgIpc) is 3.17. The molecule has 0 aliphatic rings. The molecular formula is C46H30N2. The van der Waals surface area contributed by atoms with Crippen LogP contribution >= 0.6 is 0 Å².